The molecule has 0 aliphatic carbocycles. The van der Waals surface area contributed by atoms with Gasteiger partial charge in [-0.1, -0.05) is 13.8 Å². The van der Waals surface area contributed by atoms with E-state index in [1.807, 2.05) is 0 Å². The maximum atomic E-state index is 13.2. The Morgan fingerprint density at radius 3 is 2.06 bits per heavy atom. The van der Waals surface area contributed by atoms with Gasteiger partial charge in [0.05, 0.1) is 11.7 Å². The molecular weight excluding hydrogens is 416 g/mol. The number of nitrogens with zero attached hydrogens (tertiary/aromatic N) is 2. The maximum absolute atomic E-state index is 13.2. The molecule has 32 heavy (non-hydrogen) atoms. The minimum atomic E-state index is -1.04. The van der Waals surface area contributed by atoms with Crippen molar-refractivity contribution in [2.24, 2.45) is 23.1 Å². The Labute approximate surface area is 185 Å². The minimum absolute atomic E-state index is 0.154. The van der Waals surface area contributed by atoms with E-state index in [9.17, 15) is 24.0 Å². The lowest BCUT2D eigenvalue weighted by Crippen LogP contribution is -2.55. The average molecular weight is 444 g/mol. The number of urea groups is 1. The third-order valence-corrected chi connectivity index (χ3v) is 5.03. The van der Waals surface area contributed by atoms with Gasteiger partial charge in [-0.2, -0.15) is 0 Å². The Morgan fingerprint density at radius 2 is 1.59 bits per heavy atom. The predicted octanol–water partition coefficient (Wildman–Crippen LogP) is -0.265. The van der Waals surface area contributed by atoms with Gasteiger partial charge >= 0.3 is 6.03 Å². The third-order valence-electron chi connectivity index (χ3n) is 5.03. The van der Waals surface area contributed by atoms with Gasteiger partial charge < -0.3 is 22.5 Å². The fourth-order valence-corrected chi connectivity index (χ4v) is 3.23. The summed E-state index contributed by atoms with van der Waals surface area (Å²) in [6.07, 6.45) is 2.81. The van der Waals surface area contributed by atoms with Gasteiger partial charge in [0, 0.05) is 24.4 Å². The molecule has 1 aromatic carbocycles. The largest absolute Gasteiger partial charge is 0.368 e. The van der Waals surface area contributed by atoms with Crippen LogP contribution in [0.2, 0.25) is 0 Å². The van der Waals surface area contributed by atoms with E-state index in [-0.39, 0.29) is 18.9 Å². The van der Waals surface area contributed by atoms with Crippen LogP contribution in [0.5, 0.6) is 0 Å². The molecule has 1 heterocycles. The molecular formula is C21H28N6O5. The van der Waals surface area contributed by atoms with Crippen LogP contribution < -0.4 is 32.3 Å². The standard InChI is InChI=1S/C21H28N6O5/c1-12(2)18(22)20(31)26(15(19(23)30)4-3-11-25-21(24)32)13-5-7-14(8-6-13)27-16(28)9-10-17(27)29/h5-10,12,15,18H,3-4,11,22H2,1-2H3,(H2,23,30)(H3,24,25,32)/t15-,18-/m0/s1. The Kier molecular flexibility index (Phi) is 8.08. The van der Waals surface area contributed by atoms with E-state index in [2.05, 4.69) is 5.32 Å². The number of hydrogen-bond donors (Lipinski definition) is 4. The SMILES string of the molecule is CC(C)[C@H](N)C(=O)N(c1ccc(N2C(=O)C=CC2=O)cc1)[C@@H](CCCNC(N)=O)C(N)=O. The lowest BCUT2D eigenvalue weighted by atomic mass is 10.0. The molecule has 0 bridgehead atoms. The van der Waals surface area contributed by atoms with Crippen molar-refractivity contribution in [1.82, 2.24) is 5.32 Å². The second kappa shape index (κ2) is 10.5. The summed E-state index contributed by atoms with van der Waals surface area (Å²) in [6, 6.07) is 3.37. The Balaban J connectivity index is 2.36. The van der Waals surface area contributed by atoms with Crippen molar-refractivity contribution < 1.29 is 24.0 Å². The molecule has 2 atom stereocenters. The quantitative estimate of drug-likeness (QED) is 0.285. The second-order valence-corrected chi connectivity index (χ2v) is 7.69. The first-order chi connectivity index (χ1) is 15.0. The molecule has 1 aromatic rings. The molecule has 172 valence electrons. The normalized spacial score (nSPS) is 15.1. The maximum Gasteiger partial charge on any atom is 0.312 e. The number of imide groups is 1. The fraction of sp³-hybridized carbons (Fsp3) is 0.381. The van der Waals surface area contributed by atoms with Gasteiger partial charge in [-0.3, -0.25) is 24.1 Å². The Bertz CT molecular complexity index is 909. The van der Waals surface area contributed by atoms with Crippen molar-refractivity contribution in [3.8, 4) is 0 Å². The summed E-state index contributed by atoms with van der Waals surface area (Å²) in [5.41, 5.74) is 17.4. The number of hydrogen-bond acceptors (Lipinski definition) is 6. The molecule has 0 fully saturated rings. The van der Waals surface area contributed by atoms with Crippen LogP contribution >= 0.6 is 0 Å². The number of carbonyl (C=O) groups excluding carboxylic acids is 5. The highest BCUT2D eigenvalue weighted by Gasteiger charge is 2.34. The molecule has 1 aliphatic heterocycles. The van der Waals surface area contributed by atoms with Crippen LogP contribution in [0.1, 0.15) is 26.7 Å². The van der Waals surface area contributed by atoms with Gasteiger partial charge in [-0.25, -0.2) is 9.69 Å². The molecule has 7 N–H and O–H groups in total. The number of benzene rings is 1. The molecule has 6 amide bonds. The molecule has 0 saturated carbocycles. The van der Waals surface area contributed by atoms with E-state index in [1.165, 1.54) is 29.2 Å². The number of amides is 6. The summed E-state index contributed by atoms with van der Waals surface area (Å²) < 4.78 is 0. The first kappa shape index (κ1) is 24.5. The predicted molar refractivity (Wildman–Crippen MR) is 118 cm³/mol. The van der Waals surface area contributed by atoms with Crippen LogP contribution in [0.4, 0.5) is 16.2 Å². The lowest BCUT2D eigenvalue weighted by Gasteiger charge is -2.33. The van der Waals surface area contributed by atoms with Crippen molar-refractivity contribution in [2.45, 2.75) is 38.8 Å². The zero-order chi connectivity index (χ0) is 24.0. The summed E-state index contributed by atoms with van der Waals surface area (Å²) in [4.78, 5) is 62.4. The Morgan fingerprint density at radius 1 is 1.03 bits per heavy atom. The van der Waals surface area contributed by atoms with Gasteiger partial charge in [0.1, 0.15) is 6.04 Å². The molecule has 0 unspecified atom stereocenters. The zero-order valence-electron chi connectivity index (χ0n) is 18.0. The fourth-order valence-electron chi connectivity index (χ4n) is 3.23. The number of nitrogens with one attached hydrogen (secondary N) is 1. The van der Waals surface area contributed by atoms with Crippen molar-refractivity contribution >= 4 is 41.0 Å². The summed E-state index contributed by atoms with van der Waals surface area (Å²) in [5.74, 6) is -2.41. The molecule has 0 spiro atoms. The van der Waals surface area contributed by atoms with E-state index in [0.717, 1.165) is 17.1 Å². The van der Waals surface area contributed by atoms with Crippen LogP contribution in [0.3, 0.4) is 0 Å². The van der Waals surface area contributed by atoms with Crippen LogP contribution in [-0.2, 0) is 19.2 Å². The van der Waals surface area contributed by atoms with Gasteiger partial charge in [-0.05, 0) is 43.0 Å². The van der Waals surface area contributed by atoms with Gasteiger partial charge in [0.15, 0.2) is 0 Å². The first-order valence-corrected chi connectivity index (χ1v) is 10.1. The van der Waals surface area contributed by atoms with Crippen molar-refractivity contribution in [3.05, 3.63) is 36.4 Å². The second-order valence-electron chi connectivity index (χ2n) is 7.69. The number of nitrogens with two attached hydrogens (primary N) is 3. The van der Waals surface area contributed by atoms with Crippen LogP contribution in [0.25, 0.3) is 0 Å². The lowest BCUT2D eigenvalue weighted by molar-refractivity contribution is -0.126. The van der Waals surface area contributed by atoms with Crippen molar-refractivity contribution in [1.29, 1.82) is 0 Å². The van der Waals surface area contributed by atoms with Crippen LogP contribution in [0, 0.1) is 5.92 Å². The first-order valence-electron chi connectivity index (χ1n) is 10.1. The number of anilines is 2. The number of carbonyl (C=O) groups is 5. The molecule has 2 rings (SSSR count). The summed E-state index contributed by atoms with van der Waals surface area (Å²) >= 11 is 0. The summed E-state index contributed by atoms with van der Waals surface area (Å²) in [7, 11) is 0. The smallest absolute Gasteiger partial charge is 0.312 e. The molecule has 0 radical (unpaired) electrons. The zero-order valence-corrected chi connectivity index (χ0v) is 18.0. The third kappa shape index (κ3) is 5.70. The summed E-state index contributed by atoms with van der Waals surface area (Å²) in [5, 5.41) is 2.42. The van der Waals surface area contributed by atoms with E-state index in [1.54, 1.807) is 13.8 Å². The van der Waals surface area contributed by atoms with E-state index < -0.39 is 41.7 Å². The van der Waals surface area contributed by atoms with E-state index in [4.69, 9.17) is 17.2 Å². The number of primary amides is 2. The average Bonchev–Trinajstić information content (AvgIpc) is 3.07. The van der Waals surface area contributed by atoms with E-state index >= 15 is 0 Å². The molecule has 11 heteroatoms. The highest BCUT2D eigenvalue weighted by atomic mass is 16.2. The minimum Gasteiger partial charge on any atom is -0.368 e. The van der Waals surface area contributed by atoms with Gasteiger partial charge in [0.2, 0.25) is 11.8 Å². The van der Waals surface area contributed by atoms with E-state index in [0.29, 0.717) is 17.8 Å². The van der Waals surface area contributed by atoms with Crippen LogP contribution in [0.15, 0.2) is 36.4 Å². The van der Waals surface area contributed by atoms with Gasteiger partial charge in [0.25, 0.3) is 11.8 Å². The molecule has 0 saturated heterocycles. The van der Waals surface area contributed by atoms with Crippen LogP contribution in [-0.4, -0.2) is 48.3 Å². The Hall–Kier alpha value is -3.73. The molecule has 0 aromatic heterocycles. The van der Waals surface area contributed by atoms with Gasteiger partial charge in [-0.15, -0.1) is 0 Å². The highest BCUT2D eigenvalue weighted by molar-refractivity contribution is 6.28. The molecule has 1 aliphatic rings. The monoisotopic (exact) mass is 444 g/mol. The highest BCUT2D eigenvalue weighted by Crippen LogP contribution is 2.26. The van der Waals surface area contributed by atoms with Crippen molar-refractivity contribution in [2.75, 3.05) is 16.3 Å². The topological polar surface area (TPSA) is 182 Å². The van der Waals surface area contributed by atoms with Crippen molar-refractivity contribution in [3.63, 3.8) is 0 Å². The molecule has 11 nitrogen and oxygen atoms in total. The number of rotatable bonds is 10. The summed E-state index contributed by atoms with van der Waals surface area (Å²) in [6.45, 7) is 3.75.